The summed E-state index contributed by atoms with van der Waals surface area (Å²) in [6, 6.07) is 17.3. The van der Waals surface area contributed by atoms with Crippen LogP contribution in [0.5, 0.6) is 0 Å². The van der Waals surface area contributed by atoms with E-state index in [0.29, 0.717) is 0 Å². The van der Waals surface area contributed by atoms with Crippen LogP contribution in [0.3, 0.4) is 0 Å². The van der Waals surface area contributed by atoms with Crippen LogP contribution < -0.4 is 10.2 Å². The lowest BCUT2D eigenvalue weighted by molar-refractivity contribution is 0.102. The van der Waals surface area contributed by atoms with Gasteiger partial charge < -0.3 is 15.0 Å². The van der Waals surface area contributed by atoms with Gasteiger partial charge in [-0.2, -0.15) is 0 Å². The molecular formula is C19H19N5O2. The van der Waals surface area contributed by atoms with Crippen molar-refractivity contribution in [1.29, 1.82) is 0 Å². The van der Waals surface area contributed by atoms with Crippen molar-refractivity contribution in [3.8, 4) is 5.69 Å². The Labute approximate surface area is 151 Å². The molecule has 1 amide bonds. The zero-order chi connectivity index (χ0) is 17.8. The van der Waals surface area contributed by atoms with Crippen molar-refractivity contribution in [2.24, 2.45) is 0 Å². The van der Waals surface area contributed by atoms with Crippen LogP contribution in [0.4, 0.5) is 11.4 Å². The number of nitrogens with one attached hydrogen (secondary N) is 1. The molecule has 0 aliphatic carbocycles. The van der Waals surface area contributed by atoms with Crippen LogP contribution in [-0.4, -0.2) is 47.2 Å². The van der Waals surface area contributed by atoms with E-state index in [9.17, 15) is 4.79 Å². The number of hydrogen-bond acceptors (Lipinski definition) is 5. The molecule has 1 aliphatic heterocycles. The molecule has 0 saturated carbocycles. The molecular weight excluding hydrogens is 330 g/mol. The highest BCUT2D eigenvalue weighted by Gasteiger charge is 2.13. The first-order valence-corrected chi connectivity index (χ1v) is 8.51. The van der Waals surface area contributed by atoms with Gasteiger partial charge in [-0.05, 0) is 36.4 Å². The number of anilines is 2. The predicted octanol–water partition coefficient (Wildman–Crippen LogP) is 2.36. The van der Waals surface area contributed by atoms with Crippen molar-refractivity contribution < 1.29 is 9.53 Å². The molecule has 0 spiro atoms. The highest BCUT2D eigenvalue weighted by Crippen LogP contribution is 2.19. The summed E-state index contributed by atoms with van der Waals surface area (Å²) >= 11 is 0. The Morgan fingerprint density at radius 1 is 0.962 bits per heavy atom. The lowest BCUT2D eigenvalue weighted by atomic mass is 10.2. The highest BCUT2D eigenvalue weighted by atomic mass is 16.5. The molecule has 3 aromatic rings. The third kappa shape index (κ3) is 3.57. The average molecular weight is 349 g/mol. The van der Waals surface area contributed by atoms with Crippen LogP contribution in [0.2, 0.25) is 0 Å². The Bertz CT molecular complexity index is 870. The van der Waals surface area contributed by atoms with E-state index in [0.717, 1.165) is 43.4 Å². The Kier molecular flexibility index (Phi) is 4.61. The average Bonchev–Trinajstić information content (AvgIpc) is 3.20. The van der Waals surface area contributed by atoms with Gasteiger partial charge in [0.05, 0.1) is 25.1 Å². The lowest BCUT2D eigenvalue weighted by Crippen LogP contribution is -2.36. The van der Waals surface area contributed by atoms with Crippen molar-refractivity contribution in [1.82, 2.24) is 15.0 Å². The van der Waals surface area contributed by atoms with E-state index in [1.807, 2.05) is 54.6 Å². The Morgan fingerprint density at radius 3 is 2.42 bits per heavy atom. The molecule has 26 heavy (non-hydrogen) atoms. The monoisotopic (exact) mass is 349 g/mol. The van der Waals surface area contributed by atoms with Gasteiger partial charge in [-0.1, -0.05) is 23.4 Å². The number of ether oxygens (including phenoxy) is 1. The molecule has 2 heterocycles. The molecule has 0 bridgehead atoms. The van der Waals surface area contributed by atoms with Gasteiger partial charge in [-0.25, -0.2) is 4.68 Å². The van der Waals surface area contributed by atoms with Crippen LogP contribution >= 0.6 is 0 Å². The van der Waals surface area contributed by atoms with E-state index in [-0.39, 0.29) is 11.6 Å². The maximum Gasteiger partial charge on any atom is 0.277 e. The molecule has 1 aromatic heterocycles. The summed E-state index contributed by atoms with van der Waals surface area (Å²) in [6.45, 7) is 3.26. The number of morpholine rings is 1. The summed E-state index contributed by atoms with van der Waals surface area (Å²) in [7, 11) is 0. The minimum absolute atomic E-state index is 0.270. The van der Waals surface area contributed by atoms with Crippen LogP contribution in [0.1, 0.15) is 10.5 Å². The predicted molar refractivity (Wildman–Crippen MR) is 98.8 cm³/mol. The standard InChI is InChI=1S/C19H19N5O2/c25-19(18-14-24(22-21-18)17-4-2-1-3-5-17)20-15-6-8-16(9-7-15)23-10-12-26-13-11-23/h1-9,14H,10-13H2,(H,20,25). The van der Waals surface area contributed by atoms with Crippen molar-refractivity contribution in [3.05, 3.63) is 66.5 Å². The fourth-order valence-electron chi connectivity index (χ4n) is 2.85. The van der Waals surface area contributed by atoms with Gasteiger partial charge in [0.2, 0.25) is 0 Å². The van der Waals surface area contributed by atoms with Crippen LogP contribution in [-0.2, 0) is 4.74 Å². The quantitative estimate of drug-likeness (QED) is 0.783. The SMILES string of the molecule is O=C(Nc1ccc(N2CCOCC2)cc1)c1cn(-c2ccccc2)nn1. The van der Waals surface area contributed by atoms with Gasteiger partial charge in [0, 0.05) is 24.5 Å². The van der Waals surface area contributed by atoms with Gasteiger partial charge in [0.1, 0.15) is 0 Å². The van der Waals surface area contributed by atoms with Gasteiger partial charge in [0.25, 0.3) is 5.91 Å². The third-order valence-electron chi connectivity index (χ3n) is 4.25. The van der Waals surface area contributed by atoms with Crippen LogP contribution in [0, 0.1) is 0 Å². The number of carbonyl (C=O) groups is 1. The first kappa shape index (κ1) is 16.3. The first-order chi connectivity index (χ1) is 12.8. The number of nitrogens with zero attached hydrogens (tertiary/aromatic N) is 4. The van der Waals surface area contributed by atoms with Crippen LogP contribution in [0.15, 0.2) is 60.8 Å². The van der Waals surface area contributed by atoms with E-state index in [1.54, 1.807) is 10.9 Å². The van der Waals surface area contributed by atoms with Gasteiger partial charge in [-0.3, -0.25) is 4.79 Å². The summed E-state index contributed by atoms with van der Waals surface area (Å²) in [4.78, 5) is 14.7. The molecule has 1 saturated heterocycles. The molecule has 0 unspecified atom stereocenters. The second-order valence-electron chi connectivity index (χ2n) is 5.98. The first-order valence-electron chi connectivity index (χ1n) is 8.51. The van der Waals surface area contributed by atoms with E-state index < -0.39 is 0 Å². The van der Waals surface area contributed by atoms with E-state index >= 15 is 0 Å². The molecule has 0 atom stereocenters. The normalized spacial score (nSPS) is 14.2. The molecule has 1 fully saturated rings. The topological polar surface area (TPSA) is 72.3 Å². The minimum atomic E-state index is -0.286. The second-order valence-corrected chi connectivity index (χ2v) is 5.98. The highest BCUT2D eigenvalue weighted by molar-refractivity contribution is 6.02. The molecule has 2 aromatic carbocycles. The molecule has 1 N–H and O–H groups in total. The maximum absolute atomic E-state index is 12.4. The summed E-state index contributed by atoms with van der Waals surface area (Å²) in [6.07, 6.45) is 1.62. The summed E-state index contributed by atoms with van der Waals surface area (Å²) in [5.41, 5.74) is 2.97. The smallest absolute Gasteiger partial charge is 0.277 e. The van der Waals surface area contributed by atoms with Gasteiger partial charge in [0.15, 0.2) is 5.69 Å². The molecule has 0 radical (unpaired) electrons. The summed E-state index contributed by atoms with van der Waals surface area (Å²) in [5, 5.41) is 10.8. The molecule has 1 aliphatic rings. The Hall–Kier alpha value is -3.19. The number of amides is 1. The van der Waals surface area contributed by atoms with Crippen molar-refractivity contribution in [2.45, 2.75) is 0 Å². The van der Waals surface area contributed by atoms with E-state index in [2.05, 4.69) is 20.5 Å². The number of rotatable bonds is 4. The number of hydrogen-bond donors (Lipinski definition) is 1. The second kappa shape index (κ2) is 7.37. The third-order valence-corrected chi connectivity index (χ3v) is 4.25. The summed E-state index contributed by atoms with van der Waals surface area (Å²) < 4.78 is 6.95. The van der Waals surface area contributed by atoms with Crippen molar-refractivity contribution in [3.63, 3.8) is 0 Å². The van der Waals surface area contributed by atoms with Crippen LogP contribution in [0.25, 0.3) is 5.69 Å². The number of benzene rings is 2. The van der Waals surface area contributed by atoms with E-state index in [1.165, 1.54) is 0 Å². The van der Waals surface area contributed by atoms with Gasteiger partial charge in [-0.15, -0.1) is 5.10 Å². The number of carbonyl (C=O) groups excluding carboxylic acids is 1. The fraction of sp³-hybridized carbons (Fsp3) is 0.211. The maximum atomic E-state index is 12.4. The Morgan fingerprint density at radius 2 is 1.69 bits per heavy atom. The molecule has 7 heteroatoms. The van der Waals surface area contributed by atoms with Gasteiger partial charge >= 0.3 is 0 Å². The van der Waals surface area contributed by atoms with Crippen molar-refractivity contribution in [2.75, 3.05) is 36.5 Å². The lowest BCUT2D eigenvalue weighted by Gasteiger charge is -2.28. The zero-order valence-electron chi connectivity index (χ0n) is 14.2. The van der Waals surface area contributed by atoms with E-state index in [4.69, 9.17) is 4.74 Å². The number of aromatic nitrogens is 3. The Balaban J connectivity index is 1.42. The fourth-order valence-corrected chi connectivity index (χ4v) is 2.85. The van der Waals surface area contributed by atoms with Crippen molar-refractivity contribution >= 4 is 17.3 Å². The molecule has 4 rings (SSSR count). The zero-order valence-corrected chi connectivity index (χ0v) is 14.2. The largest absolute Gasteiger partial charge is 0.378 e. The molecule has 7 nitrogen and oxygen atoms in total. The molecule has 132 valence electrons. The number of para-hydroxylation sites is 1. The summed E-state index contributed by atoms with van der Waals surface area (Å²) in [5.74, 6) is -0.286. The minimum Gasteiger partial charge on any atom is -0.378 e.